The number of sulfonamides is 1. The van der Waals surface area contributed by atoms with E-state index in [1.165, 1.54) is 12.1 Å². The molecule has 7 nitrogen and oxygen atoms in total. The predicted molar refractivity (Wildman–Crippen MR) is 127 cm³/mol. The summed E-state index contributed by atoms with van der Waals surface area (Å²) in [6.45, 7) is 7.57. The fraction of sp³-hybridized carbons (Fsp3) is 0.458. The summed E-state index contributed by atoms with van der Waals surface area (Å²) in [7, 11) is -3.12. The first kappa shape index (κ1) is 23.7. The van der Waals surface area contributed by atoms with E-state index < -0.39 is 10.0 Å². The van der Waals surface area contributed by atoms with E-state index in [-0.39, 0.29) is 17.5 Å². The first-order valence-corrected chi connectivity index (χ1v) is 13.1. The Hall–Kier alpha value is -2.49. The molecule has 0 saturated carbocycles. The Morgan fingerprint density at radius 2 is 1.45 bits per heavy atom. The number of nitrogens with zero attached hydrogens (tertiary/aromatic N) is 4. The highest BCUT2D eigenvalue weighted by Gasteiger charge is 2.26. The van der Waals surface area contributed by atoms with Crippen molar-refractivity contribution < 1.29 is 17.6 Å². The molecule has 2 heterocycles. The Labute approximate surface area is 195 Å². The number of carbonyl (C=O) groups is 1. The van der Waals surface area contributed by atoms with Crippen molar-refractivity contribution in [1.82, 2.24) is 14.1 Å². The van der Waals surface area contributed by atoms with Crippen LogP contribution in [0, 0.1) is 5.82 Å². The summed E-state index contributed by atoms with van der Waals surface area (Å²) < 4.78 is 38.7. The molecule has 0 aliphatic carbocycles. The summed E-state index contributed by atoms with van der Waals surface area (Å²) in [5.41, 5.74) is 2.76. The van der Waals surface area contributed by atoms with Crippen LogP contribution in [0.3, 0.4) is 0 Å². The average Bonchev–Trinajstić information content (AvgIpc) is 2.85. The Morgan fingerprint density at radius 1 is 0.848 bits per heavy atom. The van der Waals surface area contributed by atoms with Gasteiger partial charge >= 0.3 is 0 Å². The third-order valence-electron chi connectivity index (χ3n) is 6.46. The molecule has 178 valence electrons. The quantitative estimate of drug-likeness (QED) is 0.643. The number of hydrogen-bond acceptors (Lipinski definition) is 5. The van der Waals surface area contributed by atoms with Crippen molar-refractivity contribution in [2.45, 2.75) is 13.5 Å². The van der Waals surface area contributed by atoms with Gasteiger partial charge in [-0.15, -0.1) is 0 Å². The summed E-state index contributed by atoms with van der Waals surface area (Å²) in [6.07, 6.45) is 0. The minimum Gasteiger partial charge on any atom is -0.368 e. The molecule has 2 fully saturated rings. The Morgan fingerprint density at radius 3 is 2.03 bits per heavy atom. The van der Waals surface area contributed by atoms with Crippen LogP contribution in [0.5, 0.6) is 0 Å². The van der Waals surface area contributed by atoms with Crippen LogP contribution in [-0.2, 0) is 16.6 Å². The Balaban J connectivity index is 1.27. The fourth-order valence-corrected chi connectivity index (χ4v) is 5.45. The predicted octanol–water partition coefficient (Wildman–Crippen LogP) is 2.26. The highest BCUT2D eigenvalue weighted by molar-refractivity contribution is 7.89. The molecule has 0 N–H and O–H groups in total. The van der Waals surface area contributed by atoms with E-state index >= 15 is 0 Å². The topological polar surface area (TPSA) is 64.2 Å². The highest BCUT2D eigenvalue weighted by Crippen LogP contribution is 2.19. The van der Waals surface area contributed by atoms with Gasteiger partial charge in [-0.3, -0.25) is 9.69 Å². The van der Waals surface area contributed by atoms with Crippen LogP contribution >= 0.6 is 0 Å². The van der Waals surface area contributed by atoms with Crippen molar-refractivity contribution >= 4 is 21.6 Å². The van der Waals surface area contributed by atoms with Crippen LogP contribution in [0.4, 0.5) is 10.1 Å². The summed E-state index contributed by atoms with van der Waals surface area (Å²) in [4.78, 5) is 19.2. The zero-order valence-corrected chi connectivity index (χ0v) is 19.8. The number of halogens is 1. The van der Waals surface area contributed by atoms with Crippen LogP contribution in [-0.4, -0.2) is 86.5 Å². The fourth-order valence-electron chi connectivity index (χ4n) is 4.36. The number of benzene rings is 2. The van der Waals surface area contributed by atoms with Crippen molar-refractivity contribution in [1.29, 1.82) is 0 Å². The molecule has 0 radical (unpaired) electrons. The van der Waals surface area contributed by atoms with Crippen molar-refractivity contribution in [3.05, 3.63) is 65.5 Å². The van der Waals surface area contributed by atoms with E-state index in [1.807, 2.05) is 29.2 Å². The molecule has 0 aromatic heterocycles. The zero-order chi connectivity index (χ0) is 23.4. The van der Waals surface area contributed by atoms with E-state index in [9.17, 15) is 17.6 Å². The number of anilines is 1. The molecular formula is C24H31FN4O3S. The van der Waals surface area contributed by atoms with Crippen LogP contribution < -0.4 is 4.90 Å². The van der Waals surface area contributed by atoms with Gasteiger partial charge in [0.2, 0.25) is 10.0 Å². The smallest absolute Gasteiger partial charge is 0.253 e. The average molecular weight is 475 g/mol. The Bertz CT molecular complexity index is 1040. The maximum atomic E-state index is 13.1. The summed E-state index contributed by atoms with van der Waals surface area (Å²) >= 11 is 0. The third-order valence-corrected chi connectivity index (χ3v) is 8.34. The number of rotatable bonds is 6. The zero-order valence-electron chi connectivity index (χ0n) is 19.0. The molecule has 0 bridgehead atoms. The van der Waals surface area contributed by atoms with E-state index in [0.29, 0.717) is 44.8 Å². The molecule has 0 atom stereocenters. The van der Waals surface area contributed by atoms with Crippen LogP contribution in [0.1, 0.15) is 22.8 Å². The van der Waals surface area contributed by atoms with Crippen LogP contribution in [0.25, 0.3) is 0 Å². The lowest BCUT2D eigenvalue weighted by atomic mass is 10.1. The van der Waals surface area contributed by atoms with Crippen molar-refractivity contribution in [3.8, 4) is 0 Å². The molecule has 2 aromatic carbocycles. The summed E-state index contributed by atoms with van der Waals surface area (Å²) in [5.74, 6) is -0.0783. The maximum Gasteiger partial charge on any atom is 0.253 e. The second-order valence-corrected chi connectivity index (χ2v) is 10.8. The number of amides is 1. The van der Waals surface area contributed by atoms with Gasteiger partial charge in [-0.1, -0.05) is 12.1 Å². The molecule has 1 amide bonds. The van der Waals surface area contributed by atoms with E-state index in [4.69, 9.17) is 0 Å². The Kier molecular flexibility index (Phi) is 7.31. The second kappa shape index (κ2) is 10.2. The minimum absolute atomic E-state index is 0.0266. The molecule has 9 heteroatoms. The van der Waals surface area contributed by atoms with Crippen molar-refractivity contribution in [3.63, 3.8) is 0 Å². The molecule has 2 saturated heterocycles. The van der Waals surface area contributed by atoms with Gasteiger partial charge in [0.1, 0.15) is 5.82 Å². The molecule has 0 unspecified atom stereocenters. The van der Waals surface area contributed by atoms with Gasteiger partial charge in [-0.25, -0.2) is 12.8 Å². The van der Waals surface area contributed by atoms with Gasteiger partial charge in [0.15, 0.2) is 0 Å². The number of hydrogen-bond donors (Lipinski definition) is 0. The van der Waals surface area contributed by atoms with Crippen molar-refractivity contribution in [2.75, 3.05) is 63.0 Å². The van der Waals surface area contributed by atoms with Crippen LogP contribution in [0.2, 0.25) is 0 Å². The molecular weight excluding hydrogens is 443 g/mol. The van der Waals surface area contributed by atoms with Gasteiger partial charge in [0, 0.05) is 70.2 Å². The maximum absolute atomic E-state index is 13.1. The van der Waals surface area contributed by atoms with Crippen LogP contribution in [0.15, 0.2) is 48.5 Å². The summed E-state index contributed by atoms with van der Waals surface area (Å²) in [6, 6.07) is 14.2. The molecule has 2 aromatic rings. The van der Waals surface area contributed by atoms with Gasteiger partial charge in [0.25, 0.3) is 5.91 Å². The van der Waals surface area contributed by atoms with Gasteiger partial charge in [-0.2, -0.15) is 4.31 Å². The van der Waals surface area contributed by atoms with Crippen molar-refractivity contribution in [2.24, 2.45) is 0 Å². The normalized spacial score (nSPS) is 18.5. The summed E-state index contributed by atoms with van der Waals surface area (Å²) in [5, 5.41) is 0. The number of carbonyl (C=O) groups excluding carboxylic acids is 1. The lowest BCUT2D eigenvalue weighted by molar-refractivity contribution is 0.0746. The van der Waals surface area contributed by atoms with Gasteiger partial charge in [0.05, 0.1) is 5.75 Å². The van der Waals surface area contributed by atoms with E-state index in [0.717, 1.165) is 30.9 Å². The lowest BCUT2D eigenvalue weighted by Gasteiger charge is -2.36. The lowest BCUT2D eigenvalue weighted by Crippen LogP contribution is -2.49. The molecule has 4 rings (SSSR count). The molecule has 0 spiro atoms. The minimum atomic E-state index is -3.12. The molecule has 2 aliphatic rings. The number of piperazine rings is 2. The van der Waals surface area contributed by atoms with E-state index in [2.05, 4.69) is 9.80 Å². The molecule has 2 aliphatic heterocycles. The standard InChI is InChI=1S/C24H31FN4O3S/c1-2-33(31,32)29-17-11-26(12-18-29)19-20-3-5-21(6-4-20)24(30)28-15-13-27(14-16-28)23-9-7-22(25)8-10-23/h3-10H,2,11-19H2,1H3. The largest absolute Gasteiger partial charge is 0.368 e. The van der Waals surface area contributed by atoms with E-state index in [1.54, 1.807) is 23.4 Å². The highest BCUT2D eigenvalue weighted by atomic mass is 32.2. The first-order chi connectivity index (χ1) is 15.9. The SMILES string of the molecule is CCS(=O)(=O)N1CCN(Cc2ccc(C(=O)N3CCN(c4ccc(F)cc4)CC3)cc2)CC1. The monoisotopic (exact) mass is 474 g/mol. The van der Waals surface area contributed by atoms with Gasteiger partial charge < -0.3 is 9.80 Å². The first-order valence-electron chi connectivity index (χ1n) is 11.4. The molecule has 33 heavy (non-hydrogen) atoms. The van der Waals surface area contributed by atoms with Gasteiger partial charge in [-0.05, 0) is 48.9 Å². The third kappa shape index (κ3) is 5.72. The second-order valence-electron chi connectivity index (χ2n) is 8.53.